The second-order valence-electron chi connectivity index (χ2n) is 9.57. The van der Waals surface area contributed by atoms with Crippen molar-refractivity contribution in [2.24, 2.45) is 0 Å². The van der Waals surface area contributed by atoms with Crippen molar-refractivity contribution < 1.29 is 28.3 Å². The van der Waals surface area contributed by atoms with Gasteiger partial charge in [-0.25, -0.2) is 9.18 Å². The fraction of sp³-hybridized carbons (Fsp3) is 0.233. The molecule has 3 aromatic carbocycles. The Morgan fingerprint density at radius 2 is 1.68 bits per heavy atom. The lowest BCUT2D eigenvalue weighted by atomic mass is 9.93. The predicted molar refractivity (Wildman–Crippen MR) is 140 cm³/mol. The number of hydrogen-bond donors (Lipinski definition) is 2. The van der Waals surface area contributed by atoms with Gasteiger partial charge in [0.05, 0.1) is 5.41 Å². The van der Waals surface area contributed by atoms with Gasteiger partial charge in [-0.15, -0.1) is 0 Å². The van der Waals surface area contributed by atoms with Gasteiger partial charge in [-0.05, 0) is 60.6 Å². The topological polar surface area (TPSA) is 102 Å². The number of nitrogens with one attached hydrogen (secondary N) is 1. The fourth-order valence-electron chi connectivity index (χ4n) is 4.55. The lowest BCUT2D eigenvalue weighted by molar-refractivity contribution is -0.140. The number of halogens is 1. The summed E-state index contributed by atoms with van der Waals surface area (Å²) in [4.78, 5) is 24.2. The molecule has 8 heteroatoms. The third kappa shape index (κ3) is 4.89. The first-order chi connectivity index (χ1) is 18.3. The molecule has 1 saturated carbocycles. The zero-order chi connectivity index (χ0) is 26.9. The summed E-state index contributed by atoms with van der Waals surface area (Å²) in [5.41, 5.74) is 4.84. The molecule has 1 atom stereocenters. The van der Waals surface area contributed by atoms with Gasteiger partial charge in [0.2, 0.25) is 0 Å². The van der Waals surface area contributed by atoms with E-state index in [1.54, 1.807) is 38.1 Å². The predicted octanol–water partition coefficient (Wildman–Crippen LogP) is 7.21. The number of anilines is 1. The Hall–Kier alpha value is -4.46. The van der Waals surface area contributed by atoms with Crippen LogP contribution in [0.25, 0.3) is 22.5 Å². The normalized spacial score (nSPS) is 14.5. The van der Waals surface area contributed by atoms with Crippen molar-refractivity contribution in [2.45, 2.75) is 44.9 Å². The maximum absolute atomic E-state index is 13.0. The summed E-state index contributed by atoms with van der Waals surface area (Å²) < 4.78 is 24.0. The number of carboxylic acid groups (broad SMARTS) is 1. The van der Waals surface area contributed by atoms with E-state index in [0.717, 1.165) is 16.7 Å². The van der Waals surface area contributed by atoms with Gasteiger partial charge in [-0.1, -0.05) is 71.9 Å². The molecule has 0 radical (unpaired) electrons. The van der Waals surface area contributed by atoms with Crippen LogP contribution < -0.4 is 5.32 Å². The van der Waals surface area contributed by atoms with Crippen molar-refractivity contribution in [1.82, 2.24) is 5.16 Å². The fourth-order valence-corrected chi connectivity index (χ4v) is 4.55. The highest BCUT2D eigenvalue weighted by molar-refractivity contribution is 5.91. The average molecular weight is 515 g/mol. The van der Waals surface area contributed by atoms with E-state index in [0.29, 0.717) is 46.7 Å². The lowest BCUT2D eigenvalue weighted by Crippen LogP contribution is -2.19. The maximum Gasteiger partial charge on any atom is 0.412 e. The quantitative estimate of drug-likeness (QED) is 0.258. The van der Waals surface area contributed by atoms with Crippen LogP contribution in [-0.4, -0.2) is 22.3 Å². The van der Waals surface area contributed by atoms with E-state index < -0.39 is 30.3 Å². The molecule has 1 amide bonds. The summed E-state index contributed by atoms with van der Waals surface area (Å²) in [7, 11) is 0. The molecule has 1 aliphatic rings. The van der Waals surface area contributed by atoms with E-state index in [2.05, 4.69) is 10.5 Å². The van der Waals surface area contributed by atoms with Gasteiger partial charge >= 0.3 is 12.1 Å². The zero-order valence-electron chi connectivity index (χ0n) is 21.0. The minimum absolute atomic E-state index is 0.394. The molecule has 5 rings (SSSR count). The molecule has 4 aromatic rings. The highest BCUT2D eigenvalue weighted by atomic mass is 19.1. The molecule has 0 unspecified atom stereocenters. The highest BCUT2D eigenvalue weighted by Gasteiger charge is 2.51. The number of aryl methyl sites for hydroxylation is 1. The molecule has 1 heterocycles. The monoisotopic (exact) mass is 514 g/mol. The number of nitrogens with zero attached hydrogens (tertiary/aromatic N) is 1. The van der Waals surface area contributed by atoms with Crippen molar-refractivity contribution in [2.75, 3.05) is 5.32 Å². The third-order valence-electron chi connectivity index (χ3n) is 7.03. The molecule has 2 N–H and O–H groups in total. The van der Waals surface area contributed by atoms with Crippen LogP contribution in [0.3, 0.4) is 0 Å². The van der Waals surface area contributed by atoms with Crippen LogP contribution in [0, 0.1) is 6.92 Å². The third-order valence-corrected chi connectivity index (χ3v) is 7.03. The SMILES string of the molecule is Cc1noc(-c2ccc(-c3ccc(C4(C(=O)O)CC4)cc3)cc2)c1NC(=O)O[C@H](C)c1cccc(CF)c1. The molecule has 38 heavy (non-hydrogen) atoms. The Labute approximate surface area is 219 Å². The smallest absolute Gasteiger partial charge is 0.412 e. The van der Waals surface area contributed by atoms with Crippen LogP contribution in [0.4, 0.5) is 14.9 Å². The van der Waals surface area contributed by atoms with Gasteiger partial charge in [0.15, 0.2) is 5.76 Å². The average Bonchev–Trinajstić information content (AvgIpc) is 3.68. The minimum Gasteiger partial charge on any atom is -0.481 e. The number of aromatic nitrogens is 1. The molecule has 1 aliphatic carbocycles. The largest absolute Gasteiger partial charge is 0.481 e. The first-order valence-corrected chi connectivity index (χ1v) is 12.3. The molecule has 194 valence electrons. The van der Waals surface area contributed by atoms with E-state index in [9.17, 15) is 19.1 Å². The van der Waals surface area contributed by atoms with Crippen LogP contribution in [0.2, 0.25) is 0 Å². The van der Waals surface area contributed by atoms with Gasteiger partial charge in [0.25, 0.3) is 0 Å². The summed E-state index contributed by atoms with van der Waals surface area (Å²) in [6, 6.07) is 22.0. The van der Waals surface area contributed by atoms with E-state index in [1.165, 1.54) is 0 Å². The molecular formula is C30H27FN2O5. The molecule has 1 fully saturated rings. The van der Waals surface area contributed by atoms with Gasteiger partial charge < -0.3 is 14.4 Å². The second-order valence-corrected chi connectivity index (χ2v) is 9.57. The van der Waals surface area contributed by atoms with E-state index in [1.807, 2.05) is 48.5 Å². The van der Waals surface area contributed by atoms with Crippen molar-refractivity contribution >= 4 is 17.7 Å². The number of benzene rings is 3. The van der Waals surface area contributed by atoms with Gasteiger partial charge in [0, 0.05) is 5.56 Å². The number of amides is 1. The number of hydrogen-bond acceptors (Lipinski definition) is 5. The van der Waals surface area contributed by atoms with Crippen LogP contribution >= 0.6 is 0 Å². The van der Waals surface area contributed by atoms with E-state index in [-0.39, 0.29) is 0 Å². The zero-order valence-corrected chi connectivity index (χ0v) is 21.0. The summed E-state index contributed by atoms with van der Waals surface area (Å²) in [6.07, 6.45) is 0.0767. The maximum atomic E-state index is 13.0. The number of alkyl halides is 1. The van der Waals surface area contributed by atoms with Gasteiger partial charge in [-0.3, -0.25) is 10.1 Å². The summed E-state index contributed by atoms with van der Waals surface area (Å²) >= 11 is 0. The lowest BCUT2D eigenvalue weighted by Gasteiger charge is -2.15. The minimum atomic E-state index is -0.772. The molecule has 0 aliphatic heterocycles. The molecule has 0 bridgehead atoms. The molecule has 0 saturated heterocycles. The molecular weight excluding hydrogens is 487 g/mol. The number of ether oxygens (including phenoxy) is 1. The molecule has 0 spiro atoms. The summed E-state index contributed by atoms with van der Waals surface area (Å²) in [6.45, 7) is 2.84. The van der Waals surface area contributed by atoms with Crippen LogP contribution in [0.1, 0.15) is 48.3 Å². The Balaban J connectivity index is 1.29. The molecule has 1 aromatic heterocycles. The van der Waals surface area contributed by atoms with Gasteiger partial charge in [0.1, 0.15) is 24.2 Å². The Morgan fingerprint density at radius 1 is 1.05 bits per heavy atom. The van der Waals surface area contributed by atoms with Crippen molar-refractivity contribution in [3.05, 3.63) is 95.2 Å². The number of carbonyl (C=O) groups is 2. The second kappa shape index (κ2) is 10.1. The summed E-state index contributed by atoms with van der Waals surface area (Å²) in [5.74, 6) is -0.378. The Bertz CT molecular complexity index is 1470. The Morgan fingerprint density at radius 3 is 2.29 bits per heavy atom. The van der Waals surface area contributed by atoms with Crippen molar-refractivity contribution in [1.29, 1.82) is 0 Å². The van der Waals surface area contributed by atoms with Crippen LogP contribution in [0.5, 0.6) is 0 Å². The van der Waals surface area contributed by atoms with Crippen molar-refractivity contribution in [3.8, 4) is 22.5 Å². The molecule has 7 nitrogen and oxygen atoms in total. The number of carbonyl (C=O) groups excluding carboxylic acids is 1. The van der Waals surface area contributed by atoms with E-state index >= 15 is 0 Å². The number of aliphatic carboxylic acids is 1. The van der Waals surface area contributed by atoms with E-state index in [4.69, 9.17) is 9.26 Å². The standard InChI is InChI=1S/C30H27FN2O5/c1-18-26(32-29(36)37-19(2)24-5-3-4-20(16-24)17-31)27(38-33-18)23-8-6-21(7-9-23)22-10-12-25(13-11-22)30(14-15-30)28(34)35/h3-13,16,19H,14-15,17H2,1-2H3,(H,32,36)(H,34,35)/t19-/m1/s1. The first kappa shape index (κ1) is 25.2. The summed E-state index contributed by atoms with van der Waals surface area (Å²) in [5, 5.41) is 16.2. The van der Waals surface area contributed by atoms with Crippen molar-refractivity contribution in [3.63, 3.8) is 0 Å². The number of carboxylic acids is 1. The van der Waals surface area contributed by atoms with Crippen LogP contribution in [-0.2, 0) is 21.6 Å². The Kier molecular flexibility index (Phi) is 6.72. The number of rotatable bonds is 8. The highest BCUT2D eigenvalue weighted by Crippen LogP contribution is 2.48. The van der Waals surface area contributed by atoms with Crippen LogP contribution in [0.15, 0.2) is 77.3 Å². The van der Waals surface area contributed by atoms with Gasteiger partial charge in [-0.2, -0.15) is 0 Å². The first-order valence-electron chi connectivity index (χ1n) is 12.3.